The van der Waals surface area contributed by atoms with Crippen molar-refractivity contribution < 1.29 is 14.3 Å². The average Bonchev–Trinajstić information content (AvgIpc) is 2.84. The Hall–Kier alpha value is -1.38. The van der Waals surface area contributed by atoms with Gasteiger partial charge in [-0.15, -0.1) is 0 Å². The molecule has 0 aromatic carbocycles. The lowest BCUT2D eigenvalue weighted by atomic mass is 9.38. The third-order valence-corrected chi connectivity index (χ3v) is 8.09. The molecule has 0 aromatic rings. The Kier molecular flexibility index (Phi) is 3.92. The van der Waals surface area contributed by atoms with E-state index in [1.54, 1.807) is 0 Å². The van der Waals surface area contributed by atoms with E-state index in [-0.39, 0.29) is 23.4 Å². The quantitative estimate of drug-likeness (QED) is 0.592. The van der Waals surface area contributed by atoms with E-state index in [1.807, 2.05) is 27.7 Å². The van der Waals surface area contributed by atoms with Gasteiger partial charge < -0.3 is 4.74 Å². The van der Waals surface area contributed by atoms with Crippen LogP contribution in [0.15, 0.2) is 23.0 Å². The molecule has 0 amide bonds. The van der Waals surface area contributed by atoms with E-state index in [4.69, 9.17) is 4.74 Å². The van der Waals surface area contributed by atoms with Crippen LogP contribution in [0.25, 0.3) is 0 Å². The van der Waals surface area contributed by atoms with Crippen LogP contribution in [0.1, 0.15) is 74.1 Å². The number of rotatable bonds is 1. The van der Waals surface area contributed by atoms with Gasteiger partial charge in [-0.1, -0.05) is 25.5 Å². The molecule has 0 saturated heterocycles. The lowest BCUT2D eigenvalue weighted by Crippen LogP contribution is -2.67. The van der Waals surface area contributed by atoms with Crippen LogP contribution in [-0.2, 0) is 14.3 Å². The summed E-state index contributed by atoms with van der Waals surface area (Å²) in [5, 5.41) is 0. The van der Waals surface area contributed by atoms with Gasteiger partial charge in [0.25, 0.3) is 0 Å². The van der Waals surface area contributed by atoms with Gasteiger partial charge in [-0.25, -0.2) is 0 Å². The molecule has 6 atom stereocenters. The predicted molar refractivity (Wildman–Crippen MR) is 106 cm³/mol. The molecular weight excluding hydrogens is 336 g/mol. The van der Waals surface area contributed by atoms with Gasteiger partial charge >= 0.3 is 0 Å². The summed E-state index contributed by atoms with van der Waals surface area (Å²) in [6.07, 6.45) is 6.16. The molecule has 0 bridgehead atoms. The summed E-state index contributed by atoms with van der Waals surface area (Å²) in [6.45, 7) is 14.3. The van der Waals surface area contributed by atoms with Gasteiger partial charge in [-0.2, -0.15) is 0 Å². The molecule has 1 spiro atoms. The summed E-state index contributed by atoms with van der Waals surface area (Å²) in [6, 6.07) is 0. The SMILES string of the molecule is CC1=C[C@@H]2C[C@H](C)[C@H]3CC[C@H](C)[C@]4(C1)C(=O)C(OC(C)(C)C)=C(C)C(=O)[C@]234. The van der Waals surface area contributed by atoms with Crippen LogP contribution in [0.5, 0.6) is 0 Å². The molecule has 0 unspecified atom stereocenters. The molecule has 148 valence electrons. The van der Waals surface area contributed by atoms with Crippen molar-refractivity contribution in [2.45, 2.75) is 79.8 Å². The Morgan fingerprint density at radius 3 is 2.37 bits per heavy atom. The summed E-state index contributed by atoms with van der Waals surface area (Å²) in [5.74, 6) is 1.85. The van der Waals surface area contributed by atoms with Crippen molar-refractivity contribution in [3.8, 4) is 0 Å². The van der Waals surface area contributed by atoms with Crippen molar-refractivity contribution in [1.29, 1.82) is 0 Å². The van der Waals surface area contributed by atoms with E-state index in [0.717, 1.165) is 19.3 Å². The molecule has 2 fully saturated rings. The zero-order chi connectivity index (χ0) is 19.9. The highest BCUT2D eigenvalue weighted by atomic mass is 16.5. The number of carbonyl (C=O) groups excluding carboxylic acids is 2. The normalized spacial score (nSPS) is 44.0. The van der Waals surface area contributed by atoms with Gasteiger partial charge in [-0.3, -0.25) is 9.59 Å². The molecule has 0 aromatic heterocycles. The Labute approximate surface area is 163 Å². The van der Waals surface area contributed by atoms with E-state index >= 15 is 0 Å². The van der Waals surface area contributed by atoms with E-state index in [2.05, 4.69) is 26.8 Å². The fraction of sp³-hybridized carbons (Fsp3) is 0.750. The van der Waals surface area contributed by atoms with Crippen LogP contribution in [0.2, 0.25) is 0 Å². The molecule has 4 aliphatic rings. The molecule has 27 heavy (non-hydrogen) atoms. The van der Waals surface area contributed by atoms with Gasteiger partial charge in [0.05, 0.1) is 10.8 Å². The van der Waals surface area contributed by atoms with Gasteiger partial charge in [0.2, 0.25) is 5.78 Å². The minimum Gasteiger partial charge on any atom is -0.484 e. The molecule has 0 heterocycles. The number of ether oxygens (including phenoxy) is 1. The number of ketones is 2. The lowest BCUT2D eigenvalue weighted by Gasteiger charge is -2.62. The number of hydrogen-bond acceptors (Lipinski definition) is 3. The van der Waals surface area contributed by atoms with Crippen LogP contribution in [-0.4, -0.2) is 17.2 Å². The minimum atomic E-state index is -0.624. The highest BCUT2D eigenvalue weighted by molar-refractivity contribution is 6.17. The molecule has 0 N–H and O–H groups in total. The van der Waals surface area contributed by atoms with E-state index in [9.17, 15) is 9.59 Å². The first-order valence-electron chi connectivity index (χ1n) is 10.6. The van der Waals surface area contributed by atoms with Crippen molar-refractivity contribution >= 4 is 11.6 Å². The van der Waals surface area contributed by atoms with E-state index < -0.39 is 16.4 Å². The number of hydrogen-bond donors (Lipinski definition) is 0. The summed E-state index contributed by atoms with van der Waals surface area (Å²) in [4.78, 5) is 28.3. The number of carbonyl (C=O) groups is 2. The Bertz CT molecular complexity index is 780. The van der Waals surface area contributed by atoms with E-state index in [1.165, 1.54) is 5.57 Å². The number of allylic oxidation sites excluding steroid dienone is 4. The Morgan fingerprint density at radius 1 is 1.07 bits per heavy atom. The fourth-order valence-corrected chi connectivity index (χ4v) is 7.34. The maximum absolute atomic E-state index is 14.2. The molecule has 0 radical (unpaired) electrons. The largest absolute Gasteiger partial charge is 0.484 e. The first-order valence-corrected chi connectivity index (χ1v) is 10.6. The highest BCUT2D eigenvalue weighted by Gasteiger charge is 2.76. The lowest BCUT2D eigenvalue weighted by molar-refractivity contribution is -0.176. The van der Waals surface area contributed by atoms with Gasteiger partial charge in [0, 0.05) is 5.57 Å². The van der Waals surface area contributed by atoms with Gasteiger partial charge in [0.1, 0.15) is 5.60 Å². The van der Waals surface area contributed by atoms with Crippen LogP contribution in [0.4, 0.5) is 0 Å². The van der Waals surface area contributed by atoms with E-state index in [0.29, 0.717) is 29.6 Å². The van der Waals surface area contributed by atoms with Gasteiger partial charge in [0.15, 0.2) is 11.5 Å². The minimum absolute atomic E-state index is 0.110. The first-order chi connectivity index (χ1) is 12.5. The summed E-state index contributed by atoms with van der Waals surface area (Å²) < 4.78 is 6.15. The monoisotopic (exact) mass is 370 g/mol. The standard InChI is InChI=1S/C24H34O3/c1-13-10-17-11-14(2)18-9-8-15(3)23(12-13)21(26)19(27-22(5,6)7)16(4)20(25)24(17,18)23/h10,14-15,17-18H,8-9,11-12H2,1-7H3/t14-,15-,17+,18+,23+,24-/m0/s1. The molecule has 2 saturated carbocycles. The smallest absolute Gasteiger partial charge is 0.205 e. The third kappa shape index (κ3) is 2.15. The van der Waals surface area contributed by atoms with Crippen LogP contribution in [0, 0.1) is 34.5 Å². The van der Waals surface area contributed by atoms with Gasteiger partial charge in [-0.05, 0) is 84.0 Å². The molecule has 0 aliphatic heterocycles. The second-order valence-corrected chi connectivity index (χ2v) is 10.8. The first kappa shape index (κ1) is 19.0. The van der Waals surface area contributed by atoms with Crippen molar-refractivity contribution in [2.75, 3.05) is 0 Å². The van der Waals surface area contributed by atoms with Crippen LogP contribution in [0.3, 0.4) is 0 Å². The molecule has 3 nitrogen and oxygen atoms in total. The topological polar surface area (TPSA) is 43.4 Å². The summed E-state index contributed by atoms with van der Waals surface area (Å²) >= 11 is 0. The van der Waals surface area contributed by atoms with Crippen molar-refractivity contribution in [2.24, 2.45) is 34.5 Å². The third-order valence-electron chi connectivity index (χ3n) is 8.09. The fourth-order valence-electron chi connectivity index (χ4n) is 7.34. The second kappa shape index (κ2) is 5.58. The van der Waals surface area contributed by atoms with Crippen LogP contribution < -0.4 is 0 Å². The zero-order valence-electron chi connectivity index (χ0n) is 17.9. The van der Waals surface area contributed by atoms with Crippen molar-refractivity contribution in [3.63, 3.8) is 0 Å². The average molecular weight is 371 g/mol. The molecule has 4 aliphatic carbocycles. The van der Waals surface area contributed by atoms with Crippen molar-refractivity contribution in [3.05, 3.63) is 23.0 Å². The zero-order valence-corrected chi connectivity index (χ0v) is 17.9. The Morgan fingerprint density at radius 2 is 1.74 bits per heavy atom. The summed E-state index contributed by atoms with van der Waals surface area (Å²) in [5.41, 5.74) is 0.175. The highest BCUT2D eigenvalue weighted by Crippen LogP contribution is 2.74. The predicted octanol–water partition coefficient (Wildman–Crippen LogP) is 5.25. The van der Waals surface area contributed by atoms with Crippen LogP contribution >= 0.6 is 0 Å². The maximum atomic E-state index is 14.2. The number of Topliss-reactive ketones (excluding diaryl/α,β-unsaturated/α-hetero) is 2. The second-order valence-electron chi connectivity index (χ2n) is 10.8. The molecule has 3 heteroatoms. The molecule has 4 rings (SSSR count). The molecular formula is C24H34O3. The summed E-state index contributed by atoms with van der Waals surface area (Å²) in [7, 11) is 0. The van der Waals surface area contributed by atoms with Crippen molar-refractivity contribution in [1.82, 2.24) is 0 Å². The maximum Gasteiger partial charge on any atom is 0.205 e. The Balaban J connectivity index is 2.02.